The lowest BCUT2D eigenvalue weighted by molar-refractivity contribution is 0.661. The Kier molecular flexibility index (Phi) is 5.31. The SMILES string of the molecule is CC1(C)c2ccccc2-c2cc3c4ccccc4c4cc(-c5cccc(-c6cccc7c6sc6ccccc67)c5)ccc4c3cc21. The van der Waals surface area contributed by atoms with Gasteiger partial charge in [0.2, 0.25) is 0 Å². The lowest BCUT2D eigenvalue weighted by Crippen LogP contribution is -2.14. The Bertz CT molecular complexity index is 2720. The fraction of sp³-hybridized carbons (Fsp3) is 0.0667. The maximum absolute atomic E-state index is 2.49. The second-order valence-corrected chi connectivity index (χ2v) is 14.3. The number of thiophene rings is 1. The van der Waals surface area contributed by atoms with E-state index >= 15 is 0 Å². The first kappa shape index (κ1) is 26.0. The van der Waals surface area contributed by atoms with Crippen LogP contribution in [0.3, 0.4) is 0 Å². The summed E-state index contributed by atoms with van der Waals surface area (Å²) in [5.41, 5.74) is 10.6. The van der Waals surface area contributed by atoms with E-state index in [0.29, 0.717) is 0 Å². The standard InChI is InChI=1S/C45H30S/c1-45(2)41-19-7-5-15-34(41)40-25-38-32-14-4-3-13-31(32)37-24-28(21-22-33(37)39(38)26-42(40)45)27-11-9-12-29(23-27)30-17-10-18-36-35-16-6-8-20-43(35)46-44(30)36/h3-26H,1-2H3. The van der Waals surface area contributed by atoms with Gasteiger partial charge in [0, 0.05) is 25.6 Å². The number of rotatable bonds is 2. The number of fused-ring (bicyclic) bond motifs is 12. The molecule has 10 rings (SSSR count). The molecule has 1 aromatic heterocycles. The van der Waals surface area contributed by atoms with Crippen LogP contribution in [0.1, 0.15) is 25.0 Å². The molecule has 9 aromatic rings. The summed E-state index contributed by atoms with van der Waals surface area (Å²) in [6.45, 7) is 4.74. The Hall–Kier alpha value is -5.24. The van der Waals surface area contributed by atoms with Gasteiger partial charge in [0.15, 0.2) is 0 Å². The molecule has 0 saturated heterocycles. The second kappa shape index (κ2) is 9.39. The average molecular weight is 603 g/mol. The van der Waals surface area contributed by atoms with Crippen molar-refractivity contribution in [1.29, 1.82) is 0 Å². The minimum Gasteiger partial charge on any atom is -0.135 e. The third-order valence-corrected chi connectivity index (χ3v) is 11.7. The fourth-order valence-electron chi connectivity index (χ4n) is 8.17. The number of benzene rings is 8. The van der Waals surface area contributed by atoms with Crippen LogP contribution in [0.5, 0.6) is 0 Å². The first-order valence-corrected chi connectivity index (χ1v) is 16.9. The molecule has 0 nitrogen and oxygen atoms in total. The minimum absolute atomic E-state index is 0.0320. The van der Waals surface area contributed by atoms with E-state index in [2.05, 4.69) is 159 Å². The predicted molar refractivity (Wildman–Crippen MR) is 200 cm³/mol. The first-order chi connectivity index (χ1) is 22.6. The quantitative estimate of drug-likeness (QED) is 0.173. The lowest BCUT2D eigenvalue weighted by atomic mass is 9.81. The van der Waals surface area contributed by atoms with Crippen LogP contribution in [0.4, 0.5) is 0 Å². The molecule has 0 unspecified atom stereocenters. The molecule has 0 bridgehead atoms. The van der Waals surface area contributed by atoms with Gasteiger partial charge in [-0.25, -0.2) is 0 Å². The van der Waals surface area contributed by atoms with Crippen molar-refractivity contribution in [2.24, 2.45) is 0 Å². The maximum Gasteiger partial charge on any atom is 0.0433 e. The molecule has 1 aliphatic rings. The molecule has 8 aromatic carbocycles. The van der Waals surface area contributed by atoms with E-state index in [1.54, 1.807) is 0 Å². The zero-order chi connectivity index (χ0) is 30.6. The van der Waals surface area contributed by atoms with Crippen molar-refractivity contribution in [3.05, 3.63) is 157 Å². The minimum atomic E-state index is -0.0320. The van der Waals surface area contributed by atoms with Crippen molar-refractivity contribution in [2.45, 2.75) is 19.3 Å². The molecule has 0 amide bonds. The molecule has 0 radical (unpaired) electrons. The van der Waals surface area contributed by atoms with Gasteiger partial charge in [-0.05, 0) is 107 Å². The summed E-state index contributed by atoms with van der Waals surface area (Å²) in [4.78, 5) is 0. The topological polar surface area (TPSA) is 0 Å². The van der Waals surface area contributed by atoms with E-state index in [-0.39, 0.29) is 5.41 Å². The Labute approximate surface area is 272 Å². The van der Waals surface area contributed by atoms with Crippen LogP contribution < -0.4 is 0 Å². The van der Waals surface area contributed by atoms with E-state index in [4.69, 9.17) is 0 Å². The van der Waals surface area contributed by atoms with Crippen molar-refractivity contribution in [2.75, 3.05) is 0 Å². The maximum atomic E-state index is 2.49. The normalized spacial score (nSPS) is 13.6. The molecule has 216 valence electrons. The number of hydrogen-bond acceptors (Lipinski definition) is 1. The highest BCUT2D eigenvalue weighted by Gasteiger charge is 2.35. The van der Waals surface area contributed by atoms with Crippen LogP contribution in [0.2, 0.25) is 0 Å². The van der Waals surface area contributed by atoms with Crippen molar-refractivity contribution in [3.63, 3.8) is 0 Å². The van der Waals surface area contributed by atoms with Gasteiger partial charge >= 0.3 is 0 Å². The van der Waals surface area contributed by atoms with E-state index in [1.165, 1.54) is 97.0 Å². The van der Waals surface area contributed by atoms with Crippen LogP contribution in [-0.4, -0.2) is 0 Å². The third-order valence-electron chi connectivity index (χ3n) is 10.4. The van der Waals surface area contributed by atoms with Crippen LogP contribution in [0, 0.1) is 0 Å². The summed E-state index contributed by atoms with van der Waals surface area (Å²) in [5, 5.41) is 10.6. The molecule has 1 heteroatoms. The first-order valence-electron chi connectivity index (χ1n) is 16.1. The largest absolute Gasteiger partial charge is 0.135 e. The molecule has 0 N–H and O–H groups in total. The van der Waals surface area contributed by atoms with E-state index in [9.17, 15) is 0 Å². The van der Waals surface area contributed by atoms with Crippen molar-refractivity contribution < 1.29 is 0 Å². The Morgan fingerprint density at radius 2 is 0.978 bits per heavy atom. The summed E-state index contributed by atoms with van der Waals surface area (Å²) in [6.07, 6.45) is 0. The molecule has 0 atom stereocenters. The summed E-state index contributed by atoms with van der Waals surface area (Å²) in [7, 11) is 0. The van der Waals surface area contributed by atoms with Gasteiger partial charge in [0.1, 0.15) is 0 Å². The summed E-state index contributed by atoms with van der Waals surface area (Å²) in [5.74, 6) is 0. The molecule has 0 spiro atoms. The van der Waals surface area contributed by atoms with Gasteiger partial charge in [-0.15, -0.1) is 11.3 Å². The van der Waals surface area contributed by atoms with Gasteiger partial charge in [0.05, 0.1) is 0 Å². The van der Waals surface area contributed by atoms with Crippen LogP contribution in [0.15, 0.2) is 146 Å². The molecule has 0 aliphatic heterocycles. The van der Waals surface area contributed by atoms with Crippen molar-refractivity contribution in [3.8, 4) is 33.4 Å². The van der Waals surface area contributed by atoms with Crippen molar-refractivity contribution in [1.82, 2.24) is 0 Å². The van der Waals surface area contributed by atoms with Crippen molar-refractivity contribution >= 4 is 63.8 Å². The monoisotopic (exact) mass is 602 g/mol. The highest BCUT2D eigenvalue weighted by molar-refractivity contribution is 7.26. The fourth-order valence-corrected chi connectivity index (χ4v) is 9.41. The van der Waals surface area contributed by atoms with Crippen LogP contribution in [0.25, 0.3) is 85.9 Å². The van der Waals surface area contributed by atoms with E-state index in [1.807, 2.05) is 11.3 Å². The summed E-state index contributed by atoms with van der Waals surface area (Å²) in [6, 6.07) is 54.5. The average Bonchev–Trinajstić information content (AvgIpc) is 3.60. The molecular weight excluding hydrogens is 573 g/mol. The van der Waals surface area contributed by atoms with Crippen LogP contribution >= 0.6 is 11.3 Å². The molecule has 1 heterocycles. The van der Waals surface area contributed by atoms with Gasteiger partial charge in [-0.2, -0.15) is 0 Å². The lowest BCUT2D eigenvalue weighted by Gasteiger charge is -2.22. The highest BCUT2D eigenvalue weighted by Crippen LogP contribution is 2.51. The molecule has 46 heavy (non-hydrogen) atoms. The smallest absolute Gasteiger partial charge is 0.0433 e. The van der Waals surface area contributed by atoms with Gasteiger partial charge < -0.3 is 0 Å². The zero-order valence-electron chi connectivity index (χ0n) is 25.8. The van der Waals surface area contributed by atoms with E-state index < -0.39 is 0 Å². The van der Waals surface area contributed by atoms with Gasteiger partial charge in [-0.1, -0.05) is 129 Å². The summed E-state index contributed by atoms with van der Waals surface area (Å²) < 4.78 is 2.70. The molecule has 1 aliphatic carbocycles. The summed E-state index contributed by atoms with van der Waals surface area (Å²) >= 11 is 1.89. The van der Waals surface area contributed by atoms with Gasteiger partial charge in [0.25, 0.3) is 0 Å². The molecule has 0 fully saturated rings. The highest BCUT2D eigenvalue weighted by atomic mass is 32.1. The van der Waals surface area contributed by atoms with Gasteiger partial charge in [-0.3, -0.25) is 0 Å². The Morgan fingerprint density at radius 1 is 0.370 bits per heavy atom. The van der Waals surface area contributed by atoms with Crippen LogP contribution in [-0.2, 0) is 5.41 Å². The molecule has 0 saturated carbocycles. The predicted octanol–water partition coefficient (Wildman–Crippen LogP) is 13.2. The second-order valence-electron chi connectivity index (χ2n) is 13.3. The number of hydrogen-bond donors (Lipinski definition) is 0. The third kappa shape index (κ3) is 3.55. The Morgan fingerprint density at radius 3 is 1.85 bits per heavy atom. The Balaban J connectivity index is 1.18. The van der Waals surface area contributed by atoms with E-state index in [0.717, 1.165) is 0 Å². The molecular formula is C45H30S. The zero-order valence-corrected chi connectivity index (χ0v) is 26.6.